The normalized spacial score (nSPS) is 14.5. The van der Waals surface area contributed by atoms with Gasteiger partial charge in [0.15, 0.2) is 11.5 Å². The van der Waals surface area contributed by atoms with E-state index in [1.807, 2.05) is 40.9 Å². The van der Waals surface area contributed by atoms with Gasteiger partial charge in [-0.2, -0.15) is 0 Å². The molecule has 1 atom stereocenters. The van der Waals surface area contributed by atoms with E-state index in [-0.39, 0.29) is 25.3 Å². The third-order valence-corrected chi connectivity index (χ3v) is 5.26. The summed E-state index contributed by atoms with van der Waals surface area (Å²) in [6.07, 6.45) is 1.96. The van der Waals surface area contributed by atoms with Gasteiger partial charge in [-0.3, -0.25) is 18.8 Å². The predicted molar refractivity (Wildman–Crippen MR) is 116 cm³/mol. The largest absolute Gasteiger partial charge is 0.460 e. The number of carbonyl (C=O) groups excluding carboxylic acids is 3. The van der Waals surface area contributed by atoms with E-state index < -0.39 is 23.5 Å². The molecule has 0 saturated carbocycles. The Bertz CT molecular complexity index is 1210. The SMILES string of the molecule is CC(C)(C)OC(=O)CCC(C(N)=O)N1Cc2cc(-c3nnc4ccccn34)ccc2C1=O. The number of nitrogens with two attached hydrogens (primary N) is 1. The van der Waals surface area contributed by atoms with E-state index in [0.29, 0.717) is 11.4 Å². The van der Waals surface area contributed by atoms with Crippen molar-refractivity contribution in [3.05, 3.63) is 53.7 Å². The van der Waals surface area contributed by atoms with Crippen molar-refractivity contribution in [3.8, 4) is 11.4 Å². The summed E-state index contributed by atoms with van der Waals surface area (Å²) in [5.41, 5.74) is 7.77. The molecule has 9 nitrogen and oxygen atoms in total. The summed E-state index contributed by atoms with van der Waals surface area (Å²) in [6, 6.07) is 10.1. The summed E-state index contributed by atoms with van der Waals surface area (Å²) >= 11 is 0. The third kappa shape index (κ3) is 4.18. The van der Waals surface area contributed by atoms with E-state index in [4.69, 9.17) is 10.5 Å². The van der Waals surface area contributed by atoms with E-state index >= 15 is 0 Å². The molecular formula is C23H25N5O4. The van der Waals surface area contributed by atoms with Crippen LogP contribution in [0.25, 0.3) is 17.0 Å². The van der Waals surface area contributed by atoms with Crippen LogP contribution in [0.4, 0.5) is 0 Å². The lowest BCUT2D eigenvalue weighted by molar-refractivity contribution is -0.155. The molecule has 4 rings (SSSR count). The number of hydrogen-bond donors (Lipinski definition) is 1. The first-order valence-electron chi connectivity index (χ1n) is 10.4. The lowest BCUT2D eigenvalue weighted by Crippen LogP contribution is -2.45. The van der Waals surface area contributed by atoms with Gasteiger partial charge in [-0.15, -0.1) is 10.2 Å². The van der Waals surface area contributed by atoms with E-state index in [9.17, 15) is 14.4 Å². The van der Waals surface area contributed by atoms with Gasteiger partial charge in [0.1, 0.15) is 11.6 Å². The Morgan fingerprint density at radius 2 is 1.97 bits per heavy atom. The number of amides is 2. The quantitative estimate of drug-likeness (QED) is 0.594. The highest BCUT2D eigenvalue weighted by Gasteiger charge is 2.36. The van der Waals surface area contributed by atoms with Crippen molar-refractivity contribution in [3.63, 3.8) is 0 Å². The van der Waals surface area contributed by atoms with Crippen molar-refractivity contribution in [1.82, 2.24) is 19.5 Å². The van der Waals surface area contributed by atoms with Crippen LogP contribution < -0.4 is 5.73 Å². The number of rotatable bonds is 6. The maximum Gasteiger partial charge on any atom is 0.306 e. The maximum atomic E-state index is 13.0. The van der Waals surface area contributed by atoms with Crippen molar-refractivity contribution < 1.29 is 19.1 Å². The van der Waals surface area contributed by atoms with Crippen LogP contribution >= 0.6 is 0 Å². The summed E-state index contributed by atoms with van der Waals surface area (Å²) < 4.78 is 7.17. The highest BCUT2D eigenvalue weighted by Crippen LogP contribution is 2.30. The molecule has 2 N–H and O–H groups in total. The van der Waals surface area contributed by atoms with Crippen molar-refractivity contribution in [2.24, 2.45) is 5.73 Å². The first-order chi connectivity index (χ1) is 15.1. The van der Waals surface area contributed by atoms with Gasteiger partial charge in [-0.1, -0.05) is 12.1 Å². The standard InChI is InChI=1S/C23H25N5O4/c1-23(2,3)32-19(29)10-9-17(20(24)30)28-13-15-12-14(7-8-16(15)22(28)31)21-26-25-18-6-4-5-11-27(18)21/h4-8,11-12,17H,9-10,13H2,1-3H3,(H2,24,30). The van der Waals surface area contributed by atoms with Crippen LogP contribution in [0.2, 0.25) is 0 Å². The smallest absolute Gasteiger partial charge is 0.306 e. The average molecular weight is 435 g/mol. The molecule has 2 aromatic heterocycles. The minimum Gasteiger partial charge on any atom is -0.460 e. The van der Waals surface area contributed by atoms with Crippen LogP contribution in [0.1, 0.15) is 49.5 Å². The van der Waals surface area contributed by atoms with Crippen molar-refractivity contribution >= 4 is 23.4 Å². The number of hydrogen-bond acceptors (Lipinski definition) is 6. The minimum absolute atomic E-state index is 0.0119. The monoisotopic (exact) mass is 435 g/mol. The number of nitrogens with zero attached hydrogens (tertiary/aromatic N) is 4. The summed E-state index contributed by atoms with van der Waals surface area (Å²) in [5, 5.41) is 8.43. The fraction of sp³-hybridized carbons (Fsp3) is 0.348. The molecule has 0 aliphatic carbocycles. The van der Waals surface area contributed by atoms with E-state index in [0.717, 1.165) is 16.8 Å². The fourth-order valence-corrected chi connectivity index (χ4v) is 3.87. The number of benzene rings is 1. The average Bonchev–Trinajstić information content (AvgIpc) is 3.28. The van der Waals surface area contributed by atoms with Gasteiger partial charge in [0.05, 0.1) is 0 Å². The van der Waals surface area contributed by atoms with Crippen LogP contribution in [-0.2, 0) is 20.9 Å². The molecule has 0 fully saturated rings. The number of ether oxygens (including phenoxy) is 1. The molecule has 0 bridgehead atoms. The topological polar surface area (TPSA) is 120 Å². The predicted octanol–water partition coefficient (Wildman–Crippen LogP) is 2.33. The zero-order valence-electron chi connectivity index (χ0n) is 18.2. The third-order valence-electron chi connectivity index (χ3n) is 5.26. The van der Waals surface area contributed by atoms with Gasteiger partial charge < -0.3 is 15.4 Å². The van der Waals surface area contributed by atoms with Gasteiger partial charge in [-0.25, -0.2) is 0 Å². The van der Waals surface area contributed by atoms with Crippen LogP contribution in [0, 0.1) is 0 Å². The molecule has 32 heavy (non-hydrogen) atoms. The zero-order chi connectivity index (χ0) is 23.0. The van der Waals surface area contributed by atoms with Gasteiger partial charge in [0.25, 0.3) is 5.91 Å². The molecule has 2 amide bonds. The van der Waals surface area contributed by atoms with Gasteiger partial charge in [-0.05, 0) is 57.0 Å². The number of pyridine rings is 1. The molecule has 166 valence electrons. The van der Waals surface area contributed by atoms with Crippen LogP contribution in [0.3, 0.4) is 0 Å². The number of carbonyl (C=O) groups is 3. The summed E-state index contributed by atoms with van der Waals surface area (Å²) in [7, 11) is 0. The molecule has 0 saturated heterocycles. The molecule has 1 aromatic carbocycles. The van der Waals surface area contributed by atoms with Gasteiger partial charge in [0.2, 0.25) is 5.91 Å². The Kier molecular flexibility index (Phi) is 5.41. The Balaban J connectivity index is 1.55. The molecule has 1 aliphatic rings. The molecule has 9 heteroatoms. The van der Waals surface area contributed by atoms with Crippen molar-refractivity contribution in [2.75, 3.05) is 0 Å². The van der Waals surface area contributed by atoms with Crippen molar-refractivity contribution in [1.29, 1.82) is 0 Å². The first kappa shape index (κ1) is 21.5. The number of fused-ring (bicyclic) bond motifs is 2. The Hall–Kier alpha value is -3.75. The minimum atomic E-state index is -0.903. The highest BCUT2D eigenvalue weighted by atomic mass is 16.6. The Labute approximate surface area is 185 Å². The Morgan fingerprint density at radius 3 is 2.69 bits per heavy atom. The van der Waals surface area contributed by atoms with E-state index in [1.165, 1.54) is 4.90 Å². The molecular weight excluding hydrogens is 410 g/mol. The lowest BCUT2D eigenvalue weighted by atomic mass is 10.1. The number of primary amides is 1. The molecule has 3 aromatic rings. The maximum absolute atomic E-state index is 13.0. The van der Waals surface area contributed by atoms with Gasteiger partial charge in [0, 0.05) is 30.3 Å². The number of aromatic nitrogens is 3. The Morgan fingerprint density at radius 1 is 1.19 bits per heavy atom. The van der Waals surface area contributed by atoms with Crippen LogP contribution in [0.15, 0.2) is 42.6 Å². The molecule has 0 radical (unpaired) electrons. The molecule has 1 aliphatic heterocycles. The lowest BCUT2D eigenvalue weighted by Gasteiger charge is -2.25. The second-order valence-corrected chi connectivity index (χ2v) is 8.80. The second-order valence-electron chi connectivity index (χ2n) is 8.80. The summed E-state index contributed by atoms with van der Waals surface area (Å²) in [5.74, 6) is -0.719. The van der Waals surface area contributed by atoms with Crippen LogP contribution in [-0.4, -0.2) is 48.9 Å². The van der Waals surface area contributed by atoms with Crippen molar-refractivity contribution in [2.45, 2.75) is 51.8 Å². The molecule has 3 heterocycles. The molecule has 1 unspecified atom stereocenters. The summed E-state index contributed by atoms with van der Waals surface area (Å²) in [4.78, 5) is 38.6. The summed E-state index contributed by atoms with van der Waals surface area (Å²) in [6.45, 7) is 5.54. The van der Waals surface area contributed by atoms with E-state index in [2.05, 4.69) is 10.2 Å². The first-order valence-corrected chi connectivity index (χ1v) is 10.4. The molecule has 0 spiro atoms. The van der Waals surface area contributed by atoms with E-state index in [1.54, 1.807) is 26.8 Å². The highest BCUT2D eigenvalue weighted by molar-refractivity contribution is 6.01. The van der Waals surface area contributed by atoms with Gasteiger partial charge >= 0.3 is 5.97 Å². The number of esters is 1. The van der Waals surface area contributed by atoms with Crippen LogP contribution in [0.5, 0.6) is 0 Å². The fourth-order valence-electron chi connectivity index (χ4n) is 3.87. The second kappa shape index (κ2) is 8.07. The zero-order valence-corrected chi connectivity index (χ0v) is 18.2.